The summed E-state index contributed by atoms with van der Waals surface area (Å²) in [6.07, 6.45) is 3.97. The molecule has 2 unspecified atom stereocenters. The Morgan fingerprint density at radius 3 is 3.00 bits per heavy atom. The van der Waals surface area contributed by atoms with Crippen molar-refractivity contribution in [2.24, 2.45) is 5.92 Å². The molecule has 4 nitrogen and oxygen atoms in total. The van der Waals surface area contributed by atoms with Crippen LogP contribution in [0.15, 0.2) is 18.2 Å². The molecule has 0 spiro atoms. The van der Waals surface area contributed by atoms with E-state index in [1.54, 1.807) is 0 Å². The Labute approximate surface area is 131 Å². The average Bonchev–Trinajstić information content (AvgIpc) is 2.83. The van der Waals surface area contributed by atoms with Crippen LogP contribution in [-0.4, -0.2) is 30.3 Å². The standard InChI is InChI=1S/C18H25NO3/c1-18(2)11-22-16-14(7-4-8-15(16)18)17(21)19-13-6-3-5-12(9-13)10-20/h4,7-8,12-13,20H,3,5-6,9-11H2,1-2H3,(H,19,21). The molecule has 1 aromatic rings. The molecule has 0 radical (unpaired) electrons. The molecule has 1 aromatic carbocycles. The number of fused-ring (bicyclic) bond motifs is 1. The first-order chi connectivity index (χ1) is 10.5. The molecule has 120 valence electrons. The van der Waals surface area contributed by atoms with Crippen molar-refractivity contribution in [3.8, 4) is 5.75 Å². The van der Waals surface area contributed by atoms with E-state index in [0.717, 1.165) is 37.0 Å². The molecule has 2 aliphatic rings. The van der Waals surface area contributed by atoms with Crippen LogP contribution in [0, 0.1) is 5.92 Å². The van der Waals surface area contributed by atoms with Gasteiger partial charge in [0.1, 0.15) is 5.75 Å². The Morgan fingerprint density at radius 2 is 2.23 bits per heavy atom. The molecular formula is C18H25NO3. The quantitative estimate of drug-likeness (QED) is 0.902. The van der Waals surface area contributed by atoms with Crippen molar-refractivity contribution in [2.75, 3.05) is 13.2 Å². The molecule has 1 amide bonds. The number of amides is 1. The summed E-state index contributed by atoms with van der Waals surface area (Å²) in [5.74, 6) is 0.994. The van der Waals surface area contributed by atoms with E-state index < -0.39 is 0 Å². The van der Waals surface area contributed by atoms with E-state index in [4.69, 9.17) is 4.74 Å². The molecule has 3 rings (SSSR count). The first-order valence-electron chi connectivity index (χ1n) is 8.19. The number of carbonyl (C=O) groups excluding carboxylic acids is 1. The van der Waals surface area contributed by atoms with E-state index in [2.05, 4.69) is 19.2 Å². The number of para-hydroxylation sites is 1. The van der Waals surface area contributed by atoms with Gasteiger partial charge in [0.05, 0.1) is 12.2 Å². The number of hydrogen-bond donors (Lipinski definition) is 2. The van der Waals surface area contributed by atoms with Gasteiger partial charge in [-0.05, 0) is 31.2 Å². The molecule has 1 saturated carbocycles. The highest BCUT2D eigenvalue weighted by molar-refractivity contribution is 5.97. The van der Waals surface area contributed by atoms with Gasteiger partial charge in [-0.2, -0.15) is 0 Å². The van der Waals surface area contributed by atoms with Crippen molar-refractivity contribution < 1.29 is 14.6 Å². The van der Waals surface area contributed by atoms with Gasteiger partial charge in [0, 0.05) is 23.6 Å². The summed E-state index contributed by atoms with van der Waals surface area (Å²) in [5, 5.41) is 12.4. The number of carbonyl (C=O) groups is 1. The monoisotopic (exact) mass is 303 g/mol. The lowest BCUT2D eigenvalue weighted by Gasteiger charge is -2.28. The molecule has 1 aliphatic carbocycles. The van der Waals surface area contributed by atoms with Crippen LogP contribution in [0.25, 0.3) is 0 Å². The van der Waals surface area contributed by atoms with Gasteiger partial charge in [0.15, 0.2) is 0 Å². The molecule has 0 bridgehead atoms. The van der Waals surface area contributed by atoms with Crippen molar-refractivity contribution in [2.45, 2.75) is 51.0 Å². The van der Waals surface area contributed by atoms with Crippen LogP contribution >= 0.6 is 0 Å². The smallest absolute Gasteiger partial charge is 0.255 e. The topological polar surface area (TPSA) is 58.6 Å². The molecule has 1 aliphatic heterocycles. The molecule has 1 fully saturated rings. The molecular weight excluding hydrogens is 278 g/mol. The summed E-state index contributed by atoms with van der Waals surface area (Å²) >= 11 is 0. The zero-order valence-corrected chi connectivity index (χ0v) is 13.4. The SMILES string of the molecule is CC1(C)COc2c(C(=O)NC3CCCC(CO)C3)cccc21. The second-order valence-electron chi connectivity index (χ2n) is 7.24. The maximum atomic E-state index is 12.6. The van der Waals surface area contributed by atoms with Gasteiger partial charge >= 0.3 is 0 Å². The van der Waals surface area contributed by atoms with Crippen LogP contribution in [0.1, 0.15) is 55.5 Å². The highest BCUT2D eigenvalue weighted by Crippen LogP contribution is 2.40. The third kappa shape index (κ3) is 2.84. The fraction of sp³-hybridized carbons (Fsp3) is 0.611. The van der Waals surface area contributed by atoms with E-state index >= 15 is 0 Å². The Kier molecular flexibility index (Phi) is 4.13. The van der Waals surface area contributed by atoms with Crippen molar-refractivity contribution in [3.05, 3.63) is 29.3 Å². The minimum Gasteiger partial charge on any atom is -0.492 e. The molecule has 0 aromatic heterocycles. The molecule has 0 saturated heterocycles. The van der Waals surface area contributed by atoms with E-state index in [0.29, 0.717) is 18.1 Å². The molecule has 22 heavy (non-hydrogen) atoms. The summed E-state index contributed by atoms with van der Waals surface area (Å²) in [7, 11) is 0. The van der Waals surface area contributed by atoms with Gasteiger partial charge in [-0.3, -0.25) is 4.79 Å². The maximum Gasteiger partial charge on any atom is 0.255 e. The van der Waals surface area contributed by atoms with E-state index in [1.165, 1.54) is 0 Å². The van der Waals surface area contributed by atoms with Crippen LogP contribution < -0.4 is 10.1 Å². The van der Waals surface area contributed by atoms with Gasteiger partial charge in [0.25, 0.3) is 5.91 Å². The van der Waals surface area contributed by atoms with Gasteiger partial charge in [0.2, 0.25) is 0 Å². The van der Waals surface area contributed by atoms with Crippen LogP contribution in [0.4, 0.5) is 0 Å². The molecule has 2 N–H and O–H groups in total. The first kappa shape index (κ1) is 15.3. The largest absolute Gasteiger partial charge is 0.492 e. The third-order valence-corrected chi connectivity index (χ3v) is 4.94. The summed E-state index contributed by atoms with van der Waals surface area (Å²) in [5.41, 5.74) is 1.70. The number of hydrogen-bond acceptors (Lipinski definition) is 3. The number of aliphatic hydroxyl groups is 1. The highest BCUT2D eigenvalue weighted by Gasteiger charge is 2.35. The lowest BCUT2D eigenvalue weighted by atomic mass is 9.85. The van der Waals surface area contributed by atoms with E-state index in [-0.39, 0.29) is 24.0 Å². The van der Waals surface area contributed by atoms with Gasteiger partial charge in [-0.1, -0.05) is 32.4 Å². The van der Waals surface area contributed by atoms with Crippen molar-refractivity contribution in [1.29, 1.82) is 0 Å². The fourth-order valence-electron chi connectivity index (χ4n) is 3.59. The second kappa shape index (κ2) is 5.92. The summed E-state index contributed by atoms with van der Waals surface area (Å²) < 4.78 is 5.80. The predicted octanol–water partition coefficient (Wildman–Crippen LogP) is 2.64. The highest BCUT2D eigenvalue weighted by atomic mass is 16.5. The molecule has 1 heterocycles. The predicted molar refractivity (Wildman–Crippen MR) is 85.3 cm³/mol. The number of aliphatic hydroxyl groups excluding tert-OH is 1. The Hall–Kier alpha value is -1.55. The average molecular weight is 303 g/mol. The van der Waals surface area contributed by atoms with Crippen molar-refractivity contribution in [1.82, 2.24) is 5.32 Å². The fourth-order valence-corrected chi connectivity index (χ4v) is 3.59. The lowest BCUT2D eigenvalue weighted by Crippen LogP contribution is -2.39. The minimum absolute atomic E-state index is 0.0432. The van der Waals surface area contributed by atoms with Gasteiger partial charge < -0.3 is 15.2 Å². The number of nitrogens with one attached hydrogen (secondary N) is 1. The zero-order chi connectivity index (χ0) is 15.7. The Morgan fingerprint density at radius 1 is 1.41 bits per heavy atom. The van der Waals surface area contributed by atoms with E-state index in [1.807, 2.05) is 18.2 Å². The summed E-state index contributed by atoms with van der Waals surface area (Å²) in [6.45, 7) is 5.09. The normalized spacial score (nSPS) is 26.1. The van der Waals surface area contributed by atoms with Crippen LogP contribution in [0.3, 0.4) is 0 Å². The number of rotatable bonds is 3. The maximum absolute atomic E-state index is 12.6. The van der Waals surface area contributed by atoms with Crippen molar-refractivity contribution in [3.63, 3.8) is 0 Å². The van der Waals surface area contributed by atoms with Crippen LogP contribution in [0.5, 0.6) is 5.75 Å². The molecule has 2 atom stereocenters. The van der Waals surface area contributed by atoms with Crippen molar-refractivity contribution >= 4 is 5.91 Å². The van der Waals surface area contributed by atoms with E-state index in [9.17, 15) is 9.90 Å². The Bertz CT molecular complexity index is 567. The van der Waals surface area contributed by atoms with Crippen LogP contribution in [-0.2, 0) is 5.41 Å². The lowest BCUT2D eigenvalue weighted by molar-refractivity contribution is 0.0902. The minimum atomic E-state index is -0.0573. The molecule has 4 heteroatoms. The summed E-state index contributed by atoms with van der Waals surface area (Å²) in [4.78, 5) is 12.6. The van der Waals surface area contributed by atoms with Gasteiger partial charge in [-0.25, -0.2) is 0 Å². The second-order valence-corrected chi connectivity index (χ2v) is 7.24. The third-order valence-electron chi connectivity index (χ3n) is 4.94. The summed E-state index contributed by atoms with van der Waals surface area (Å²) in [6, 6.07) is 5.97. The van der Waals surface area contributed by atoms with Gasteiger partial charge in [-0.15, -0.1) is 0 Å². The first-order valence-corrected chi connectivity index (χ1v) is 8.19. The number of ether oxygens (including phenoxy) is 1. The zero-order valence-electron chi connectivity index (χ0n) is 13.4. The number of benzene rings is 1. The Balaban J connectivity index is 1.75. The van der Waals surface area contributed by atoms with Crippen LogP contribution in [0.2, 0.25) is 0 Å².